The third-order valence-electron chi connectivity index (χ3n) is 7.30. The Kier molecular flexibility index (Phi) is 5.53. The lowest BCUT2D eigenvalue weighted by molar-refractivity contribution is -0.137. The SMILES string of the molecule is Cn1cc2cc(C(=O)NC3(c4ccc(C(=O)O)cc4)CC3)c3c(ccn3Cc3ccc(C(F)(F)F)cc3)c2n1. The van der Waals surface area contributed by atoms with Gasteiger partial charge in [-0.25, -0.2) is 4.79 Å². The van der Waals surface area contributed by atoms with Crippen LogP contribution in [0.2, 0.25) is 0 Å². The number of hydrogen-bond acceptors (Lipinski definition) is 3. The number of rotatable bonds is 6. The number of aromatic carboxylic acids is 1. The first-order valence-electron chi connectivity index (χ1n) is 12.3. The fourth-order valence-electron chi connectivity index (χ4n) is 5.14. The van der Waals surface area contributed by atoms with E-state index in [9.17, 15) is 27.9 Å². The Hall–Kier alpha value is -4.60. The molecule has 0 spiro atoms. The molecule has 2 N–H and O–H groups in total. The van der Waals surface area contributed by atoms with Crippen LogP contribution in [0.3, 0.4) is 0 Å². The molecule has 1 aliphatic carbocycles. The van der Waals surface area contributed by atoms with Gasteiger partial charge in [0, 0.05) is 36.8 Å². The summed E-state index contributed by atoms with van der Waals surface area (Å²) in [4.78, 5) is 25.0. The quantitative estimate of drug-likeness (QED) is 0.293. The molecule has 1 fully saturated rings. The van der Waals surface area contributed by atoms with E-state index < -0.39 is 23.2 Å². The van der Waals surface area contributed by atoms with E-state index in [1.165, 1.54) is 24.3 Å². The maximum Gasteiger partial charge on any atom is 0.416 e. The maximum absolute atomic E-state index is 13.8. The van der Waals surface area contributed by atoms with Crippen molar-refractivity contribution in [1.82, 2.24) is 19.7 Å². The monoisotopic (exact) mass is 532 g/mol. The summed E-state index contributed by atoms with van der Waals surface area (Å²) in [6.45, 7) is 0.266. The summed E-state index contributed by atoms with van der Waals surface area (Å²) in [6, 6.07) is 15.1. The number of nitrogens with zero attached hydrogens (tertiary/aromatic N) is 3. The highest BCUT2D eigenvalue weighted by atomic mass is 19.4. The number of halogens is 3. The first-order chi connectivity index (χ1) is 18.5. The summed E-state index contributed by atoms with van der Waals surface area (Å²) in [7, 11) is 1.80. The van der Waals surface area contributed by atoms with Crippen LogP contribution in [0.1, 0.15) is 50.2 Å². The number of carboxylic acids is 1. The average Bonchev–Trinajstić information content (AvgIpc) is 3.39. The zero-order valence-corrected chi connectivity index (χ0v) is 20.8. The summed E-state index contributed by atoms with van der Waals surface area (Å²) < 4.78 is 42.6. The Morgan fingerprint density at radius 3 is 2.36 bits per heavy atom. The third kappa shape index (κ3) is 4.41. The van der Waals surface area contributed by atoms with Crippen LogP contribution in [0.15, 0.2) is 73.1 Å². The van der Waals surface area contributed by atoms with Gasteiger partial charge in [0.05, 0.1) is 27.7 Å². The van der Waals surface area contributed by atoms with E-state index in [4.69, 9.17) is 0 Å². The van der Waals surface area contributed by atoms with Crippen molar-refractivity contribution in [3.8, 4) is 0 Å². The Bertz CT molecular complexity index is 1750. The molecule has 6 rings (SSSR count). The summed E-state index contributed by atoms with van der Waals surface area (Å²) in [5.41, 5.74) is 2.14. The van der Waals surface area contributed by atoms with Crippen LogP contribution >= 0.6 is 0 Å². The molecule has 10 heteroatoms. The van der Waals surface area contributed by atoms with E-state index in [0.717, 1.165) is 46.8 Å². The predicted octanol–water partition coefficient (Wildman–Crippen LogP) is 5.71. The molecule has 2 heterocycles. The van der Waals surface area contributed by atoms with E-state index in [-0.39, 0.29) is 18.0 Å². The minimum atomic E-state index is -4.42. The fraction of sp³-hybridized carbons (Fsp3) is 0.207. The van der Waals surface area contributed by atoms with Gasteiger partial charge in [0.15, 0.2) is 0 Å². The predicted molar refractivity (Wildman–Crippen MR) is 139 cm³/mol. The second-order valence-electron chi connectivity index (χ2n) is 9.98. The van der Waals surface area contributed by atoms with Crippen molar-refractivity contribution in [3.05, 3.63) is 101 Å². The Morgan fingerprint density at radius 2 is 1.74 bits per heavy atom. The second-order valence-corrected chi connectivity index (χ2v) is 9.98. The number of amides is 1. The number of carbonyl (C=O) groups excluding carboxylic acids is 1. The van der Waals surface area contributed by atoms with E-state index >= 15 is 0 Å². The number of fused-ring (bicyclic) bond motifs is 3. The van der Waals surface area contributed by atoms with Crippen LogP contribution in [-0.4, -0.2) is 31.3 Å². The molecule has 0 radical (unpaired) electrons. The average molecular weight is 533 g/mol. The third-order valence-corrected chi connectivity index (χ3v) is 7.30. The normalized spacial score (nSPS) is 14.6. The molecule has 3 aromatic carbocycles. The highest BCUT2D eigenvalue weighted by Gasteiger charge is 2.46. The van der Waals surface area contributed by atoms with Gasteiger partial charge in [-0.15, -0.1) is 0 Å². The molecule has 0 aliphatic heterocycles. The number of aromatic nitrogens is 3. The first-order valence-corrected chi connectivity index (χ1v) is 12.3. The number of aryl methyl sites for hydroxylation is 1. The maximum atomic E-state index is 13.8. The van der Waals surface area contributed by atoms with Crippen LogP contribution in [0.25, 0.3) is 21.8 Å². The molecule has 198 valence electrons. The molecule has 0 atom stereocenters. The van der Waals surface area contributed by atoms with Gasteiger partial charge in [-0.3, -0.25) is 9.48 Å². The van der Waals surface area contributed by atoms with Crippen molar-refractivity contribution in [2.24, 2.45) is 7.05 Å². The number of carbonyl (C=O) groups is 2. The van der Waals surface area contributed by atoms with Crippen LogP contribution in [0.4, 0.5) is 13.2 Å². The van der Waals surface area contributed by atoms with Crippen LogP contribution < -0.4 is 5.32 Å². The minimum Gasteiger partial charge on any atom is -0.478 e. The lowest BCUT2D eigenvalue weighted by Crippen LogP contribution is -2.35. The zero-order chi connectivity index (χ0) is 27.5. The second kappa shape index (κ2) is 8.72. The van der Waals surface area contributed by atoms with Gasteiger partial charge in [0.25, 0.3) is 5.91 Å². The number of alkyl halides is 3. The number of hydrogen-bond donors (Lipinski definition) is 2. The Labute approximate surface area is 220 Å². The van der Waals surface area contributed by atoms with Crippen molar-refractivity contribution < 1.29 is 27.9 Å². The molecular formula is C29H23F3N4O3. The number of carboxylic acid groups (broad SMARTS) is 1. The van der Waals surface area contributed by atoms with Crippen molar-refractivity contribution in [2.75, 3.05) is 0 Å². The largest absolute Gasteiger partial charge is 0.478 e. The molecule has 1 amide bonds. The van der Waals surface area contributed by atoms with Gasteiger partial charge in [0.1, 0.15) is 5.52 Å². The highest BCUT2D eigenvalue weighted by Crippen LogP contribution is 2.46. The molecule has 0 bridgehead atoms. The lowest BCUT2D eigenvalue weighted by atomic mass is 10.0. The fourth-order valence-corrected chi connectivity index (χ4v) is 5.14. The molecular weight excluding hydrogens is 509 g/mol. The Balaban J connectivity index is 1.38. The van der Waals surface area contributed by atoms with E-state index in [0.29, 0.717) is 16.6 Å². The summed E-state index contributed by atoms with van der Waals surface area (Å²) in [5, 5.41) is 18.5. The molecule has 39 heavy (non-hydrogen) atoms. The first kappa shape index (κ1) is 24.7. The molecule has 0 unspecified atom stereocenters. The Morgan fingerprint density at radius 1 is 1.05 bits per heavy atom. The number of benzene rings is 3. The smallest absolute Gasteiger partial charge is 0.416 e. The zero-order valence-electron chi connectivity index (χ0n) is 20.8. The number of nitrogens with one attached hydrogen (secondary N) is 1. The molecule has 2 aromatic heterocycles. The van der Waals surface area contributed by atoms with Gasteiger partial charge in [-0.05, 0) is 60.4 Å². The van der Waals surface area contributed by atoms with Crippen LogP contribution in [0.5, 0.6) is 0 Å². The standard InChI is InChI=1S/C29H23F3N4O3/c1-35-16-19-14-23(26(37)33-28(11-12-28)20-8-4-18(5-9-20)27(38)39)25-22(24(19)34-35)10-13-36(25)15-17-2-6-21(7-3-17)29(30,31)32/h2-10,13-14,16H,11-12,15H2,1H3,(H,33,37)(H,38,39). The van der Waals surface area contributed by atoms with Gasteiger partial charge < -0.3 is 15.0 Å². The van der Waals surface area contributed by atoms with Gasteiger partial charge in [-0.1, -0.05) is 24.3 Å². The molecule has 5 aromatic rings. The van der Waals surface area contributed by atoms with E-state index in [2.05, 4.69) is 10.4 Å². The summed E-state index contributed by atoms with van der Waals surface area (Å²) in [6.07, 6.45) is 0.661. The van der Waals surface area contributed by atoms with E-state index in [1.807, 2.05) is 23.0 Å². The van der Waals surface area contributed by atoms with Crippen molar-refractivity contribution >= 4 is 33.7 Å². The topological polar surface area (TPSA) is 89.1 Å². The highest BCUT2D eigenvalue weighted by molar-refractivity contribution is 6.15. The summed E-state index contributed by atoms with van der Waals surface area (Å²) >= 11 is 0. The molecule has 1 saturated carbocycles. The van der Waals surface area contributed by atoms with Gasteiger partial charge >= 0.3 is 12.1 Å². The molecule has 0 saturated heterocycles. The van der Waals surface area contributed by atoms with Crippen LogP contribution in [-0.2, 0) is 25.3 Å². The van der Waals surface area contributed by atoms with Crippen molar-refractivity contribution in [2.45, 2.75) is 31.1 Å². The molecule has 7 nitrogen and oxygen atoms in total. The minimum absolute atomic E-state index is 0.172. The van der Waals surface area contributed by atoms with Crippen molar-refractivity contribution in [3.63, 3.8) is 0 Å². The lowest BCUT2D eigenvalue weighted by Gasteiger charge is -2.19. The molecule has 1 aliphatic rings. The van der Waals surface area contributed by atoms with Gasteiger partial charge in [-0.2, -0.15) is 18.3 Å². The summed E-state index contributed by atoms with van der Waals surface area (Å²) in [5.74, 6) is -1.31. The van der Waals surface area contributed by atoms with E-state index in [1.54, 1.807) is 29.9 Å². The van der Waals surface area contributed by atoms with Crippen molar-refractivity contribution in [1.29, 1.82) is 0 Å². The van der Waals surface area contributed by atoms with Crippen LogP contribution in [0, 0.1) is 0 Å². The van der Waals surface area contributed by atoms with Gasteiger partial charge in [0.2, 0.25) is 0 Å².